The summed E-state index contributed by atoms with van der Waals surface area (Å²) < 4.78 is 12.9. The third-order valence-corrected chi connectivity index (χ3v) is 5.47. The number of aromatic nitrogens is 2. The maximum absolute atomic E-state index is 12.9. The molecular weight excluding hydrogens is 351 g/mol. The third-order valence-electron chi connectivity index (χ3n) is 4.37. The van der Waals surface area contributed by atoms with Crippen LogP contribution in [0.3, 0.4) is 0 Å². The number of thioether (sulfide) groups is 1. The number of nitrogens with zero attached hydrogens (tertiary/aromatic N) is 3. The minimum absolute atomic E-state index is 0.00416. The van der Waals surface area contributed by atoms with Gasteiger partial charge in [-0.3, -0.25) is 9.78 Å². The second kappa shape index (κ2) is 9.52. The van der Waals surface area contributed by atoms with E-state index in [4.69, 9.17) is 0 Å². The largest absolute Gasteiger partial charge is 0.356 e. The van der Waals surface area contributed by atoms with Crippen LogP contribution in [0.1, 0.15) is 19.3 Å². The maximum atomic E-state index is 12.9. The van der Waals surface area contributed by atoms with E-state index in [1.54, 1.807) is 42.5 Å². The van der Waals surface area contributed by atoms with Crippen molar-refractivity contribution in [3.05, 3.63) is 48.7 Å². The number of carbonyl (C=O) groups excluding carboxylic acids is 1. The molecule has 1 aliphatic heterocycles. The highest BCUT2D eigenvalue weighted by molar-refractivity contribution is 7.99. The topological polar surface area (TPSA) is 58.1 Å². The van der Waals surface area contributed by atoms with Gasteiger partial charge in [-0.25, -0.2) is 9.37 Å². The Hall–Kier alpha value is -2.15. The number of benzene rings is 1. The molecule has 0 saturated carbocycles. The van der Waals surface area contributed by atoms with Crippen LogP contribution in [0, 0.1) is 11.7 Å². The Labute approximate surface area is 157 Å². The van der Waals surface area contributed by atoms with Crippen LogP contribution in [-0.2, 0) is 4.79 Å². The fourth-order valence-electron chi connectivity index (χ4n) is 3.00. The first-order chi connectivity index (χ1) is 12.7. The predicted molar refractivity (Wildman–Crippen MR) is 102 cm³/mol. The predicted octanol–water partition coefficient (Wildman–Crippen LogP) is 3.13. The minimum Gasteiger partial charge on any atom is -0.356 e. The van der Waals surface area contributed by atoms with Crippen molar-refractivity contribution in [1.82, 2.24) is 15.3 Å². The summed E-state index contributed by atoms with van der Waals surface area (Å²) in [5.74, 6) is 1.62. The molecule has 1 aliphatic rings. The molecule has 2 heterocycles. The van der Waals surface area contributed by atoms with Gasteiger partial charge in [-0.05, 0) is 49.3 Å². The van der Waals surface area contributed by atoms with Gasteiger partial charge in [-0.15, -0.1) is 11.8 Å². The zero-order valence-electron chi connectivity index (χ0n) is 14.6. The van der Waals surface area contributed by atoms with Crippen molar-refractivity contribution in [2.24, 2.45) is 5.92 Å². The van der Waals surface area contributed by atoms with Gasteiger partial charge in [0.2, 0.25) is 5.91 Å². The van der Waals surface area contributed by atoms with Crippen LogP contribution in [0.25, 0.3) is 0 Å². The number of halogens is 1. The van der Waals surface area contributed by atoms with Gasteiger partial charge in [0, 0.05) is 36.9 Å². The van der Waals surface area contributed by atoms with Gasteiger partial charge in [0.05, 0.1) is 12.1 Å². The highest BCUT2D eigenvalue weighted by Gasteiger charge is 2.26. The highest BCUT2D eigenvalue weighted by Crippen LogP contribution is 2.21. The van der Waals surface area contributed by atoms with Crippen molar-refractivity contribution in [2.75, 3.05) is 30.3 Å². The first-order valence-corrected chi connectivity index (χ1v) is 9.88. The first-order valence-electron chi connectivity index (χ1n) is 8.89. The van der Waals surface area contributed by atoms with E-state index in [1.807, 2.05) is 0 Å². The Bertz CT molecular complexity index is 698. The molecule has 1 unspecified atom stereocenters. The van der Waals surface area contributed by atoms with Gasteiger partial charge in [-0.1, -0.05) is 0 Å². The van der Waals surface area contributed by atoms with E-state index in [9.17, 15) is 9.18 Å². The minimum atomic E-state index is -0.218. The molecule has 0 spiro atoms. The number of anilines is 1. The molecule has 138 valence electrons. The normalized spacial score (nSPS) is 17.1. The first kappa shape index (κ1) is 18.6. The molecule has 2 aromatic rings. The number of amides is 1. The van der Waals surface area contributed by atoms with E-state index >= 15 is 0 Å². The fourth-order valence-corrected chi connectivity index (χ4v) is 3.86. The van der Waals surface area contributed by atoms with Gasteiger partial charge < -0.3 is 10.2 Å². The van der Waals surface area contributed by atoms with Crippen LogP contribution in [-0.4, -0.2) is 41.3 Å². The number of piperidine rings is 1. The van der Waals surface area contributed by atoms with Gasteiger partial charge in [0.1, 0.15) is 11.6 Å². The fraction of sp³-hybridized carbons (Fsp3) is 0.421. The van der Waals surface area contributed by atoms with Crippen molar-refractivity contribution >= 4 is 23.5 Å². The molecule has 1 amide bonds. The number of hydrogen-bond acceptors (Lipinski definition) is 5. The SMILES string of the molecule is O=C(NCCCSc1ccc(F)cc1)C1CCCN(c2cnccn2)C1. The number of carbonyl (C=O) groups is 1. The monoisotopic (exact) mass is 374 g/mol. The van der Waals surface area contributed by atoms with Gasteiger partial charge in [0.25, 0.3) is 0 Å². The lowest BCUT2D eigenvalue weighted by Gasteiger charge is -2.32. The Morgan fingerprint density at radius 3 is 2.92 bits per heavy atom. The van der Waals surface area contributed by atoms with Crippen molar-refractivity contribution < 1.29 is 9.18 Å². The summed E-state index contributed by atoms with van der Waals surface area (Å²) in [6.45, 7) is 2.26. The summed E-state index contributed by atoms with van der Waals surface area (Å²) in [6.07, 6.45) is 7.85. The van der Waals surface area contributed by atoms with E-state index in [2.05, 4.69) is 20.2 Å². The van der Waals surface area contributed by atoms with Crippen LogP contribution >= 0.6 is 11.8 Å². The smallest absolute Gasteiger partial charge is 0.224 e. The van der Waals surface area contributed by atoms with Gasteiger partial charge in [0.15, 0.2) is 0 Å². The summed E-state index contributed by atoms with van der Waals surface area (Å²) in [6, 6.07) is 6.50. The molecule has 1 atom stereocenters. The summed E-state index contributed by atoms with van der Waals surface area (Å²) in [5, 5.41) is 3.04. The lowest BCUT2D eigenvalue weighted by Crippen LogP contribution is -2.43. The molecule has 7 heteroatoms. The molecule has 0 radical (unpaired) electrons. The molecule has 1 aromatic heterocycles. The number of hydrogen-bond donors (Lipinski definition) is 1. The molecule has 1 aromatic carbocycles. The standard InChI is InChI=1S/C19H23FN4OS/c20-16-4-6-17(7-5-16)26-12-2-8-23-19(25)15-3-1-11-24(14-15)18-13-21-9-10-22-18/h4-7,9-10,13,15H,1-3,8,11-12,14H2,(H,23,25). The van der Waals surface area contributed by atoms with Crippen molar-refractivity contribution in [2.45, 2.75) is 24.2 Å². The highest BCUT2D eigenvalue weighted by atomic mass is 32.2. The lowest BCUT2D eigenvalue weighted by atomic mass is 9.97. The van der Waals surface area contributed by atoms with Crippen molar-refractivity contribution in [3.63, 3.8) is 0 Å². The van der Waals surface area contributed by atoms with Crippen molar-refractivity contribution in [1.29, 1.82) is 0 Å². The van der Waals surface area contributed by atoms with Gasteiger partial charge in [-0.2, -0.15) is 0 Å². The Kier molecular flexibility index (Phi) is 6.82. The molecule has 5 nitrogen and oxygen atoms in total. The van der Waals surface area contributed by atoms with E-state index in [0.717, 1.165) is 42.3 Å². The molecule has 1 N–H and O–H groups in total. The zero-order chi connectivity index (χ0) is 18.2. The Morgan fingerprint density at radius 1 is 1.31 bits per heavy atom. The van der Waals surface area contributed by atoms with E-state index in [-0.39, 0.29) is 17.6 Å². The van der Waals surface area contributed by atoms with E-state index in [1.165, 1.54) is 12.1 Å². The van der Waals surface area contributed by atoms with Crippen LogP contribution in [0.5, 0.6) is 0 Å². The van der Waals surface area contributed by atoms with E-state index < -0.39 is 0 Å². The number of rotatable bonds is 7. The summed E-state index contributed by atoms with van der Waals surface area (Å²) >= 11 is 1.67. The van der Waals surface area contributed by atoms with Crippen molar-refractivity contribution in [3.8, 4) is 0 Å². The van der Waals surface area contributed by atoms with Crippen LogP contribution in [0.4, 0.5) is 10.2 Å². The zero-order valence-corrected chi connectivity index (χ0v) is 15.4. The summed E-state index contributed by atoms with van der Waals surface area (Å²) in [5.41, 5.74) is 0. The summed E-state index contributed by atoms with van der Waals surface area (Å²) in [7, 11) is 0. The lowest BCUT2D eigenvalue weighted by molar-refractivity contribution is -0.125. The average molecular weight is 374 g/mol. The maximum Gasteiger partial charge on any atom is 0.224 e. The summed E-state index contributed by atoms with van der Waals surface area (Å²) in [4.78, 5) is 24.0. The number of nitrogens with one attached hydrogen (secondary N) is 1. The second-order valence-corrected chi connectivity index (χ2v) is 7.46. The van der Waals surface area contributed by atoms with Crippen LogP contribution in [0.15, 0.2) is 47.8 Å². The van der Waals surface area contributed by atoms with E-state index in [0.29, 0.717) is 13.1 Å². The second-order valence-electron chi connectivity index (χ2n) is 6.30. The van der Waals surface area contributed by atoms with Gasteiger partial charge >= 0.3 is 0 Å². The molecular formula is C19H23FN4OS. The van der Waals surface area contributed by atoms with Crippen LogP contribution in [0.2, 0.25) is 0 Å². The average Bonchev–Trinajstić information content (AvgIpc) is 2.70. The molecule has 1 saturated heterocycles. The van der Waals surface area contributed by atoms with Crippen LogP contribution < -0.4 is 10.2 Å². The quantitative estimate of drug-likeness (QED) is 0.596. The molecule has 26 heavy (non-hydrogen) atoms. The molecule has 0 bridgehead atoms. The molecule has 1 fully saturated rings. The Balaban J connectivity index is 1.37. The Morgan fingerprint density at radius 2 is 2.15 bits per heavy atom. The molecule has 3 rings (SSSR count). The molecule has 0 aliphatic carbocycles. The third kappa shape index (κ3) is 5.42.